The van der Waals surface area contributed by atoms with E-state index in [9.17, 15) is 9.90 Å². The van der Waals surface area contributed by atoms with Gasteiger partial charge >= 0.3 is 6.03 Å². The van der Waals surface area contributed by atoms with Gasteiger partial charge in [-0.15, -0.1) is 10.2 Å². The fourth-order valence-corrected chi connectivity index (χ4v) is 7.21. The number of carbonyl (C=O) groups is 1. The Morgan fingerprint density at radius 1 is 1.00 bits per heavy atom. The standard InChI is InChI=1S/C38H39ClN8O3S2/c1-38(2,51-3)33-21-35(47(44-33)28-12-14-30(39)31(48)20-28)41-37(49)40-22-27-6-4-5-7-32(27)52-29-13-15-34-42-43-36(46(34)24-29)26-10-8-25(9-11-26)23-45-16-18-50-19-17-45/h4-15,20-21,24,48H,16-19,22-23H2,1-3H3,(H2,40,41,49). The van der Waals surface area contributed by atoms with E-state index in [2.05, 4.69) is 70.0 Å². The van der Waals surface area contributed by atoms with Crippen LogP contribution in [0.5, 0.6) is 5.75 Å². The van der Waals surface area contributed by atoms with E-state index in [4.69, 9.17) is 21.4 Å². The summed E-state index contributed by atoms with van der Waals surface area (Å²) in [4.78, 5) is 17.8. The number of anilines is 1. The minimum Gasteiger partial charge on any atom is -0.506 e. The van der Waals surface area contributed by atoms with Gasteiger partial charge in [0.2, 0.25) is 0 Å². The van der Waals surface area contributed by atoms with Crippen molar-refractivity contribution in [1.82, 2.24) is 34.6 Å². The summed E-state index contributed by atoms with van der Waals surface area (Å²) in [6, 6.07) is 26.8. The van der Waals surface area contributed by atoms with Gasteiger partial charge in [-0.2, -0.15) is 16.9 Å². The molecular weight excluding hydrogens is 716 g/mol. The summed E-state index contributed by atoms with van der Waals surface area (Å²) in [6.45, 7) is 8.79. The van der Waals surface area contributed by atoms with Gasteiger partial charge in [-0.25, -0.2) is 9.48 Å². The van der Waals surface area contributed by atoms with Crippen molar-refractivity contribution in [3.63, 3.8) is 0 Å². The molecule has 3 aromatic carbocycles. The fourth-order valence-electron chi connectivity index (χ4n) is 5.82. The highest BCUT2D eigenvalue weighted by Crippen LogP contribution is 2.36. The highest BCUT2D eigenvalue weighted by molar-refractivity contribution is 7.99. The lowest BCUT2D eigenvalue weighted by Gasteiger charge is -2.26. The molecule has 268 valence electrons. The van der Waals surface area contributed by atoms with E-state index < -0.39 is 0 Å². The first kappa shape index (κ1) is 35.9. The minimum atomic E-state index is -0.390. The Hall–Kier alpha value is -4.53. The summed E-state index contributed by atoms with van der Waals surface area (Å²) in [7, 11) is 0. The summed E-state index contributed by atoms with van der Waals surface area (Å²) in [5.74, 6) is 1.17. The zero-order chi connectivity index (χ0) is 36.2. The Labute approximate surface area is 315 Å². The number of halogens is 1. The predicted octanol–water partition coefficient (Wildman–Crippen LogP) is 7.84. The average Bonchev–Trinajstić information content (AvgIpc) is 3.78. The van der Waals surface area contributed by atoms with Crippen LogP contribution in [0, 0.1) is 0 Å². The summed E-state index contributed by atoms with van der Waals surface area (Å²) in [5.41, 5.74) is 5.32. The molecule has 14 heteroatoms. The molecule has 0 bridgehead atoms. The molecule has 3 N–H and O–H groups in total. The summed E-state index contributed by atoms with van der Waals surface area (Å²) < 4.78 is 8.79. The number of morpholine rings is 1. The van der Waals surface area contributed by atoms with E-state index in [-0.39, 0.29) is 21.6 Å². The third-order valence-electron chi connectivity index (χ3n) is 8.99. The Bertz CT molecular complexity index is 2200. The van der Waals surface area contributed by atoms with Crippen LogP contribution in [-0.4, -0.2) is 73.0 Å². The number of nitrogens with zero attached hydrogens (tertiary/aromatic N) is 6. The predicted molar refractivity (Wildman–Crippen MR) is 208 cm³/mol. The number of pyridine rings is 1. The second-order valence-electron chi connectivity index (χ2n) is 12.9. The van der Waals surface area contributed by atoms with Crippen molar-refractivity contribution in [2.24, 2.45) is 0 Å². The SMILES string of the molecule is CSC(C)(C)c1cc(NC(=O)NCc2ccccc2Sc2ccc3nnc(-c4ccc(CN5CCOCC5)cc4)n3c2)n(-c2ccc(Cl)c(O)c2)n1. The number of nitrogens with one attached hydrogen (secondary N) is 2. The van der Waals surface area contributed by atoms with E-state index in [0.29, 0.717) is 18.1 Å². The number of hydrogen-bond acceptors (Lipinski definition) is 9. The fraction of sp³-hybridized carbons (Fsp3) is 0.263. The second kappa shape index (κ2) is 15.6. The number of benzene rings is 3. The maximum Gasteiger partial charge on any atom is 0.320 e. The number of hydrogen-bond donors (Lipinski definition) is 3. The van der Waals surface area contributed by atoms with E-state index >= 15 is 0 Å². The Balaban J connectivity index is 1.05. The lowest BCUT2D eigenvalue weighted by Crippen LogP contribution is -2.35. The first-order valence-corrected chi connectivity index (χ1v) is 19.3. The minimum absolute atomic E-state index is 0.0710. The molecule has 4 heterocycles. The van der Waals surface area contributed by atoms with Gasteiger partial charge in [0, 0.05) is 59.9 Å². The number of carbonyl (C=O) groups excluding carboxylic acids is 1. The number of aromatic hydroxyl groups is 1. The van der Waals surface area contributed by atoms with Crippen molar-refractivity contribution in [3.8, 4) is 22.8 Å². The van der Waals surface area contributed by atoms with Crippen molar-refractivity contribution in [1.29, 1.82) is 0 Å². The quantitative estimate of drug-likeness (QED) is 0.121. The molecule has 0 spiro atoms. The van der Waals surface area contributed by atoms with Crippen molar-refractivity contribution < 1.29 is 14.6 Å². The highest BCUT2D eigenvalue weighted by Gasteiger charge is 2.25. The number of phenolic OH excluding ortho intramolecular Hbond substituents is 1. The number of phenols is 1. The van der Waals surface area contributed by atoms with E-state index in [1.807, 2.05) is 53.1 Å². The second-order valence-corrected chi connectivity index (χ2v) is 15.8. The summed E-state index contributed by atoms with van der Waals surface area (Å²) in [5, 5.41) is 30.2. The molecule has 7 rings (SSSR count). The van der Waals surface area contributed by atoms with Crippen LogP contribution >= 0.6 is 35.1 Å². The molecule has 1 aliphatic heterocycles. The first-order chi connectivity index (χ1) is 25.2. The largest absolute Gasteiger partial charge is 0.506 e. The molecule has 2 amide bonds. The molecule has 0 aliphatic carbocycles. The average molecular weight is 755 g/mol. The molecule has 11 nitrogen and oxygen atoms in total. The van der Waals surface area contributed by atoms with E-state index in [1.165, 1.54) is 11.6 Å². The third kappa shape index (κ3) is 8.08. The highest BCUT2D eigenvalue weighted by atomic mass is 35.5. The van der Waals surface area contributed by atoms with Gasteiger partial charge in [-0.3, -0.25) is 14.6 Å². The zero-order valence-corrected chi connectivity index (χ0v) is 31.4. The lowest BCUT2D eigenvalue weighted by molar-refractivity contribution is 0.0342. The Kier molecular flexibility index (Phi) is 10.8. The first-order valence-electron chi connectivity index (χ1n) is 16.9. The number of aromatic nitrogens is 5. The third-order valence-corrected chi connectivity index (χ3v) is 11.6. The van der Waals surface area contributed by atoms with Crippen LogP contribution in [-0.2, 0) is 22.6 Å². The summed E-state index contributed by atoms with van der Waals surface area (Å²) in [6.07, 6.45) is 4.06. The van der Waals surface area contributed by atoms with Crippen LogP contribution in [0.2, 0.25) is 5.02 Å². The molecule has 3 aromatic heterocycles. The van der Waals surface area contributed by atoms with Crippen LogP contribution in [0.15, 0.2) is 101 Å². The number of ether oxygens (including phenoxy) is 1. The molecule has 1 aliphatic rings. The van der Waals surface area contributed by atoms with Gasteiger partial charge in [-0.1, -0.05) is 65.8 Å². The smallest absolute Gasteiger partial charge is 0.320 e. The van der Waals surface area contributed by atoms with Crippen LogP contribution in [0.25, 0.3) is 22.7 Å². The number of urea groups is 1. The van der Waals surface area contributed by atoms with Crippen molar-refractivity contribution in [2.45, 2.75) is 41.5 Å². The molecule has 1 saturated heterocycles. The number of fused-ring (bicyclic) bond motifs is 1. The van der Waals surface area contributed by atoms with Gasteiger partial charge in [0.15, 0.2) is 11.5 Å². The molecule has 1 fully saturated rings. The Morgan fingerprint density at radius 3 is 2.56 bits per heavy atom. The normalized spacial score (nSPS) is 13.8. The molecule has 0 atom stereocenters. The molecule has 0 unspecified atom stereocenters. The molecular formula is C38H39ClN8O3S2. The monoisotopic (exact) mass is 754 g/mol. The number of thioether (sulfide) groups is 1. The van der Waals surface area contributed by atoms with Crippen molar-refractivity contribution in [2.75, 3.05) is 37.9 Å². The molecule has 52 heavy (non-hydrogen) atoms. The van der Waals surface area contributed by atoms with Gasteiger partial charge < -0.3 is 15.2 Å². The van der Waals surface area contributed by atoms with Crippen LogP contribution in [0.4, 0.5) is 10.6 Å². The van der Waals surface area contributed by atoms with E-state index in [1.54, 1.807) is 40.3 Å². The molecule has 6 aromatic rings. The van der Waals surface area contributed by atoms with Crippen molar-refractivity contribution in [3.05, 3.63) is 113 Å². The van der Waals surface area contributed by atoms with Crippen LogP contribution < -0.4 is 10.6 Å². The lowest BCUT2D eigenvalue weighted by atomic mass is 10.1. The molecule has 0 radical (unpaired) electrons. The topological polar surface area (TPSA) is 122 Å². The van der Waals surface area contributed by atoms with Crippen LogP contribution in [0.1, 0.15) is 30.7 Å². The zero-order valence-electron chi connectivity index (χ0n) is 29.0. The summed E-state index contributed by atoms with van der Waals surface area (Å²) >= 11 is 9.32. The van der Waals surface area contributed by atoms with Crippen LogP contribution in [0.3, 0.4) is 0 Å². The van der Waals surface area contributed by atoms with Gasteiger partial charge in [0.1, 0.15) is 11.6 Å². The Morgan fingerprint density at radius 2 is 1.79 bits per heavy atom. The van der Waals surface area contributed by atoms with Gasteiger partial charge in [0.25, 0.3) is 0 Å². The van der Waals surface area contributed by atoms with Gasteiger partial charge in [-0.05, 0) is 61.6 Å². The maximum atomic E-state index is 13.3. The number of amides is 2. The van der Waals surface area contributed by atoms with Crippen molar-refractivity contribution >= 4 is 52.6 Å². The number of rotatable bonds is 11. The van der Waals surface area contributed by atoms with E-state index in [0.717, 1.165) is 70.9 Å². The molecule has 0 saturated carbocycles. The van der Waals surface area contributed by atoms with Gasteiger partial charge in [0.05, 0.1) is 34.4 Å². The maximum absolute atomic E-state index is 13.3.